The van der Waals surface area contributed by atoms with Crippen LogP contribution in [0.2, 0.25) is 0 Å². The first kappa shape index (κ1) is 38.2. The van der Waals surface area contributed by atoms with E-state index in [0.717, 1.165) is 19.3 Å². The molecule has 0 aromatic heterocycles. The maximum atomic E-state index is 12.8. The van der Waals surface area contributed by atoms with E-state index in [9.17, 15) is 14.4 Å². The van der Waals surface area contributed by atoms with Gasteiger partial charge in [0.15, 0.2) is 11.3 Å². The van der Waals surface area contributed by atoms with Crippen molar-refractivity contribution >= 4 is 39.3 Å². The molecule has 0 aliphatic carbocycles. The Morgan fingerprint density at radius 3 is 1.46 bits per heavy atom. The monoisotopic (exact) mass is 590 g/mol. The van der Waals surface area contributed by atoms with Gasteiger partial charge in [-0.3, -0.25) is 9.59 Å². The van der Waals surface area contributed by atoms with Gasteiger partial charge in [-0.25, -0.2) is 4.79 Å². The first-order valence-corrected chi connectivity index (χ1v) is 17.8. The molecule has 0 radical (unpaired) electrons. The predicted molar refractivity (Wildman–Crippen MR) is 167 cm³/mol. The van der Waals surface area contributed by atoms with Crippen LogP contribution in [0.25, 0.3) is 0 Å². The Morgan fingerprint density at radius 2 is 1.08 bits per heavy atom. The minimum Gasteiger partial charge on any atom is -0.468 e. The molecule has 0 aromatic rings. The minimum absolute atomic E-state index is 0.0657. The number of ether oxygens (including phenoxy) is 2. The Bertz CT molecular complexity index is 638. The summed E-state index contributed by atoms with van der Waals surface area (Å²) in [5, 5.41) is 0. The molecule has 0 fully saturated rings. The Balaban J connectivity index is 3.79. The Kier molecular flexibility index (Phi) is 25.6. The number of unbranched alkanes of at least 4 members (excludes halogenated alkanes) is 18. The molecule has 39 heavy (non-hydrogen) atoms. The minimum atomic E-state index is -1.68. The highest BCUT2D eigenvalue weighted by Gasteiger charge is 2.42. The van der Waals surface area contributed by atoms with Crippen molar-refractivity contribution in [1.82, 2.24) is 0 Å². The summed E-state index contributed by atoms with van der Waals surface area (Å²) < 4.78 is 9.40. The molecule has 9 heteroatoms. The maximum Gasteiger partial charge on any atom is 0.334 e. The normalized spacial score (nSPS) is 13.6. The molecule has 0 aliphatic heterocycles. The molecule has 2 atom stereocenters. The summed E-state index contributed by atoms with van der Waals surface area (Å²) in [6.45, 7) is 2.27. The van der Waals surface area contributed by atoms with Crippen LogP contribution >= 0.6 is 21.6 Å². The smallest absolute Gasteiger partial charge is 0.334 e. The summed E-state index contributed by atoms with van der Waals surface area (Å²) in [6, 6.07) is -0.766. The van der Waals surface area contributed by atoms with E-state index < -0.39 is 23.5 Å². The quantitative estimate of drug-likeness (QED) is 0.0424. The lowest BCUT2D eigenvalue weighted by atomic mass is 9.93. The highest BCUT2D eigenvalue weighted by atomic mass is 33.1. The van der Waals surface area contributed by atoms with Gasteiger partial charge in [0.25, 0.3) is 0 Å². The molecule has 0 spiro atoms. The molecular weight excluding hydrogens is 532 g/mol. The Labute approximate surface area is 246 Å². The molecule has 0 saturated heterocycles. The topological polar surface area (TPSA) is 122 Å². The highest BCUT2D eigenvalue weighted by molar-refractivity contribution is 8.76. The zero-order chi connectivity index (χ0) is 29.2. The number of hydrogen-bond acceptors (Lipinski definition) is 9. The first-order valence-electron chi connectivity index (χ1n) is 15.3. The number of esters is 2. The fourth-order valence-electron chi connectivity index (χ4n) is 4.50. The van der Waals surface area contributed by atoms with Gasteiger partial charge in [0.05, 0.1) is 14.2 Å². The van der Waals surface area contributed by atoms with Crippen molar-refractivity contribution in [2.75, 3.05) is 25.7 Å². The average Bonchev–Trinajstić information content (AvgIpc) is 2.95. The van der Waals surface area contributed by atoms with E-state index in [1.165, 1.54) is 139 Å². The third-order valence-electron chi connectivity index (χ3n) is 7.18. The lowest BCUT2D eigenvalue weighted by Crippen LogP contribution is -2.57. The van der Waals surface area contributed by atoms with Crippen molar-refractivity contribution in [2.45, 2.75) is 147 Å². The van der Waals surface area contributed by atoms with Gasteiger partial charge >= 0.3 is 11.9 Å². The van der Waals surface area contributed by atoms with Gasteiger partial charge in [-0.1, -0.05) is 144 Å². The first-order chi connectivity index (χ1) is 18.8. The van der Waals surface area contributed by atoms with Crippen molar-refractivity contribution in [3.05, 3.63) is 0 Å². The number of rotatable bonds is 28. The molecule has 0 heterocycles. The number of hydrogen-bond donors (Lipinski definition) is 2. The number of methoxy groups -OCH3 is 2. The van der Waals surface area contributed by atoms with E-state index in [4.69, 9.17) is 16.2 Å². The average molecular weight is 591 g/mol. The van der Waals surface area contributed by atoms with Gasteiger partial charge in [0.2, 0.25) is 0 Å². The van der Waals surface area contributed by atoms with Crippen LogP contribution in [0.4, 0.5) is 0 Å². The second-order valence-corrected chi connectivity index (χ2v) is 13.2. The fraction of sp³-hybridized carbons (Fsp3) is 0.900. The number of Topliss-reactive ketones (excluding diaryl/α,β-unsaturated/α-hetero) is 1. The van der Waals surface area contributed by atoms with Crippen LogP contribution in [0.15, 0.2) is 0 Å². The molecule has 0 unspecified atom stereocenters. The van der Waals surface area contributed by atoms with Crippen LogP contribution < -0.4 is 11.5 Å². The molecular formula is C30H58N2O5S2. The van der Waals surface area contributed by atoms with Crippen molar-refractivity contribution < 1.29 is 23.9 Å². The van der Waals surface area contributed by atoms with E-state index >= 15 is 0 Å². The number of nitrogens with two attached hydrogens (primary N) is 2. The second kappa shape index (κ2) is 26.1. The van der Waals surface area contributed by atoms with Crippen LogP contribution in [-0.2, 0) is 23.9 Å². The predicted octanol–water partition coefficient (Wildman–Crippen LogP) is 7.13. The van der Waals surface area contributed by atoms with Gasteiger partial charge in [0, 0.05) is 17.9 Å². The van der Waals surface area contributed by atoms with Gasteiger partial charge < -0.3 is 20.9 Å². The van der Waals surface area contributed by atoms with Gasteiger partial charge in [-0.2, -0.15) is 0 Å². The van der Waals surface area contributed by atoms with Crippen LogP contribution in [0, 0.1) is 0 Å². The van der Waals surface area contributed by atoms with Crippen molar-refractivity contribution in [1.29, 1.82) is 0 Å². The van der Waals surface area contributed by atoms with Crippen LogP contribution in [0.1, 0.15) is 135 Å². The molecule has 0 rings (SSSR count). The molecule has 0 amide bonds. The maximum absolute atomic E-state index is 12.8. The summed E-state index contributed by atoms with van der Waals surface area (Å²) in [4.78, 5) is 36.4. The number of ketones is 1. The molecule has 0 saturated carbocycles. The third kappa shape index (κ3) is 19.9. The van der Waals surface area contributed by atoms with Gasteiger partial charge in [-0.15, -0.1) is 0 Å². The van der Waals surface area contributed by atoms with E-state index in [0.29, 0.717) is 5.75 Å². The van der Waals surface area contributed by atoms with Crippen molar-refractivity contribution in [3.8, 4) is 0 Å². The summed E-state index contributed by atoms with van der Waals surface area (Å²) in [7, 11) is 5.03. The SMILES string of the molecule is CCCCCCCCCCCCCCCCCCCCCC(=O)[C@](N)(CSSC[C@H](N)C(=O)OC)C(=O)OC. The summed E-state index contributed by atoms with van der Waals surface area (Å²) in [5.74, 6) is -1.17. The van der Waals surface area contributed by atoms with E-state index in [2.05, 4.69) is 11.7 Å². The lowest BCUT2D eigenvalue weighted by Gasteiger charge is -2.24. The Hall–Kier alpha value is -0.770. The van der Waals surface area contributed by atoms with Crippen LogP contribution in [0.5, 0.6) is 0 Å². The summed E-state index contributed by atoms with van der Waals surface area (Å²) in [5.41, 5.74) is 10.2. The lowest BCUT2D eigenvalue weighted by molar-refractivity contribution is -0.150. The fourth-order valence-corrected chi connectivity index (χ4v) is 6.96. The molecule has 0 aliphatic rings. The van der Waals surface area contributed by atoms with E-state index in [1.807, 2.05) is 0 Å². The third-order valence-corrected chi connectivity index (χ3v) is 9.67. The molecule has 0 aromatic carbocycles. The van der Waals surface area contributed by atoms with Gasteiger partial charge in [0.1, 0.15) is 6.04 Å². The van der Waals surface area contributed by atoms with E-state index in [1.54, 1.807) is 0 Å². The molecule has 0 bridgehead atoms. The van der Waals surface area contributed by atoms with Crippen LogP contribution in [0.3, 0.4) is 0 Å². The van der Waals surface area contributed by atoms with Gasteiger partial charge in [-0.05, 0) is 6.42 Å². The Morgan fingerprint density at radius 1 is 0.667 bits per heavy atom. The molecule has 4 N–H and O–H groups in total. The highest BCUT2D eigenvalue weighted by Crippen LogP contribution is 2.28. The largest absolute Gasteiger partial charge is 0.468 e. The summed E-state index contributed by atoms with van der Waals surface area (Å²) in [6.07, 6.45) is 24.8. The summed E-state index contributed by atoms with van der Waals surface area (Å²) >= 11 is 0. The van der Waals surface area contributed by atoms with Crippen molar-refractivity contribution in [3.63, 3.8) is 0 Å². The van der Waals surface area contributed by atoms with Crippen molar-refractivity contribution in [2.24, 2.45) is 11.5 Å². The number of carbonyl (C=O) groups is 3. The number of carbonyl (C=O) groups excluding carboxylic acids is 3. The van der Waals surface area contributed by atoms with Crippen LogP contribution in [-0.4, -0.2) is 55.0 Å². The second-order valence-electron chi connectivity index (χ2n) is 10.7. The zero-order valence-corrected chi connectivity index (χ0v) is 26.8. The zero-order valence-electron chi connectivity index (χ0n) is 25.1. The van der Waals surface area contributed by atoms with E-state index in [-0.39, 0.29) is 18.0 Å². The molecule has 230 valence electrons. The molecule has 7 nitrogen and oxygen atoms in total. The standard InChI is InChI=1S/C30H58N2O5S2/c1-4-5-6-7-8-9-10-11-12-13-14-15-16-17-18-19-20-21-22-23-27(33)30(32,29(35)37-3)25-39-38-24-26(31)28(34)36-2/h26H,4-25,31-32H2,1-3H3/t26-,30+/m0/s1.